The number of nitrogens with one attached hydrogen (secondary N) is 1. The van der Waals surface area contributed by atoms with Crippen LogP contribution in [-0.2, 0) is 6.42 Å². The Bertz CT molecular complexity index is 566. The fourth-order valence-electron chi connectivity index (χ4n) is 1.88. The average Bonchev–Trinajstić information content (AvgIpc) is 2.79. The molecule has 2 rings (SSSR count). The van der Waals surface area contributed by atoms with Crippen LogP contribution in [0.2, 0.25) is 0 Å². The third-order valence-corrected chi connectivity index (χ3v) is 3.78. The number of ether oxygens (including phenoxy) is 1. The number of rotatable bonds is 6. The number of hydrogen-bond acceptors (Lipinski definition) is 5. The monoisotopic (exact) mass is 291 g/mol. The second-order valence-corrected chi connectivity index (χ2v) is 5.89. The number of nitrogen functional groups attached to an aromatic ring is 1. The zero-order valence-electron chi connectivity index (χ0n) is 12.1. The quantitative estimate of drug-likeness (QED) is 0.800. The summed E-state index contributed by atoms with van der Waals surface area (Å²) in [4.78, 5) is 4.44. The molecule has 0 aliphatic heterocycles. The van der Waals surface area contributed by atoms with Crippen LogP contribution in [0.4, 0.5) is 11.4 Å². The third-order valence-electron chi connectivity index (χ3n) is 2.75. The number of para-hydroxylation sites is 1. The van der Waals surface area contributed by atoms with Gasteiger partial charge in [-0.15, -0.1) is 11.3 Å². The molecule has 5 heteroatoms. The standard InChI is InChI=1S/C15H21N3OS/c1-10(2)19-13-6-4-5-12(15(13)16)17-8-7-14-18-11(3)9-20-14/h4-6,9-10,17H,7-8,16H2,1-3H3. The molecule has 1 aromatic carbocycles. The molecule has 4 nitrogen and oxygen atoms in total. The summed E-state index contributed by atoms with van der Waals surface area (Å²) < 4.78 is 5.68. The molecule has 0 bridgehead atoms. The minimum atomic E-state index is 0.117. The minimum absolute atomic E-state index is 0.117. The van der Waals surface area contributed by atoms with Crippen LogP contribution < -0.4 is 15.8 Å². The lowest BCUT2D eigenvalue weighted by Crippen LogP contribution is -2.10. The molecule has 3 N–H and O–H groups in total. The molecule has 0 saturated carbocycles. The molecule has 0 aliphatic carbocycles. The van der Waals surface area contributed by atoms with Crippen LogP contribution in [0.25, 0.3) is 0 Å². The molecule has 2 aromatic rings. The van der Waals surface area contributed by atoms with E-state index >= 15 is 0 Å². The van der Waals surface area contributed by atoms with Gasteiger partial charge in [-0.05, 0) is 32.9 Å². The lowest BCUT2D eigenvalue weighted by molar-refractivity contribution is 0.244. The lowest BCUT2D eigenvalue weighted by Gasteiger charge is -2.15. The largest absolute Gasteiger partial charge is 0.489 e. The van der Waals surface area contributed by atoms with Gasteiger partial charge in [-0.2, -0.15) is 0 Å². The molecule has 108 valence electrons. The molecule has 0 amide bonds. The van der Waals surface area contributed by atoms with Gasteiger partial charge in [0.05, 0.1) is 22.5 Å². The molecule has 0 fully saturated rings. The third kappa shape index (κ3) is 3.87. The van der Waals surface area contributed by atoms with Crippen LogP contribution >= 0.6 is 11.3 Å². The first-order valence-corrected chi connectivity index (χ1v) is 7.64. The first kappa shape index (κ1) is 14.7. The van der Waals surface area contributed by atoms with Crippen molar-refractivity contribution in [2.24, 2.45) is 0 Å². The van der Waals surface area contributed by atoms with Gasteiger partial charge in [-0.1, -0.05) is 6.07 Å². The Labute approximate surface area is 124 Å². The number of nitrogens with two attached hydrogens (primary N) is 1. The van der Waals surface area contributed by atoms with Crippen molar-refractivity contribution in [1.82, 2.24) is 4.98 Å². The number of nitrogens with zero attached hydrogens (tertiary/aromatic N) is 1. The van der Waals surface area contributed by atoms with Gasteiger partial charge in [-0.25, -0.2) is 4.98 Å². The van der Waals surface area contributed by atoms with E-state index in [4.69, 9.17) is 10.5 Å². The average molecular weight is 291 g/mol. The normalized spacial score (nSPS) is 10.8. The molecule has 0 saturated heterocycles. The van der Waals surface area contributed by atoms with E-state index in [1.165, 1.54) is 0 Å². The number of anilines is 2. The van der Waals surface area contributed by atoms with Crippen molar-refractivity contribution < 1.29 is 4.74 Å². The number of benzene rings is 1. The van der Waals surface area contributed by atoms with Crippen molar-refractivity contribution in [2.45, 2.75) is 33.3 Å². The van der Waals surface area contributed by atoms with Crippen LogP contribution in [0.5, 0.6) is 5.75 Å². The summed E-state index contributed by atoms with van der Waals surface area (Å²) in [6.07, 6.45) is 1.01. The van der Waals surface area contributed by atoms with E-state index in [1.54, 1.807) is 11.3 Å². The fourth-order valence-corrected chi connectivity index (χ4v) is 2.65. The maximum Gasteiger partial charge on any atom is 0.144 e. The van der Waals surface area contributed by atoms with Crippen molar-refractivity contribution in [1.29, 1.82) is 0 Å². The highest BCUT2D eigenvalue weighted by Gasteiger charge is 2.07. The second-order valence-electron chi connectivity index (χ2n) is 4.94. The Morgan fingerprint density at radius 1 is 1.40 bits per heavy atom. The SMILES string of the molecule is Cc1csc(CCNc2cccc(OC(C)C)c2N)n1. The Balaban J connectivity index is 1.95. The minimum Gasteiger partial charge on any atom is -0.489 e. The van der Waals surface area contributed by atoms with Crippen LogP contribution in [0.15, 0.2) is 23.6 Å². The van der Waals surface area contributed by atoms with E-state index in [0.717, 1.165) is 35.1 Å². The van der Waals surface area contributed by atoms with E-state index in [0.29, 0.717) is 5.69 Å². The maximum absolute atomic E-state index is 6.11. The van der Waals surface area contributed by atoms with Gasteiger partial charge < -0.3 is 15.8 Å². The lowest BCUT2D eigenvalue weighted by atomic mass is 10.2. The Morgan fingerprint density at radius 3 is 2.85 bits per heavy atom. The van der Waals surface area contributed by atoms with Crippen LogP contribution in [0, 0.1) is 6.92 Å². The summed E-state index contributed by atoms with van der Waals surface area (Å²) in [5.74, 6) is 0.732. The molecular weight excluding hydrogens is 270 g/mol. The summed E-state index contributed by atoms with van der Waals surface area (Å²) in [6, 6.07) is 5.81. The van der Waals surface area contributed by atoms with Crippen LogP contribution in [0.1, 0.15) is 24.5 Å². The van der Waals surface area contributed by atoms with Gasteiger partial charge in [-0.3, -0.25) is 0 Å². The van der Waals surface area contributed by atoms with Crippen LogP contribution in [-0.4, -0.2) is 17.6 Å². The molecule has 0 aliphatic rings. The molecule has 0 radical (unpaired) electrons. The van der Waals surface area contributed by atoms with Gasteiger partial charge in [0.2, 0.25) is 0 Å². The Hall–Kier alpha value is -1.75. The topological polar surface area (TPSA) is 60.2 Å². The van der Waals surface area contributed by atoms with Gasteiger partial charge in [0.15, 0.2) is 0 Å². The number of hydrogen-bond donors (Lipinski definition) is 2. The first-order valence-electron chi connectivity index (χ1n) is 6.76. The van der Waals surface area contributed by atoms with Crippen LogP contribution in [0.3, 0.4) is 0 Å². The summed E-state index contributed by atoms with van der Waals surface area (Å²) in [7, 11) is 0. The second kappa shape index (κ2) is 6.61. The number of aromatic nitrogens is 1. The summed E-state index contributed by atoms with van der Waals surface area (Å²) >= 11 is 1.69. The van der Waals surface area contributed by atoms with E-state index < -0.39 is 0 Å². The summed E-state index contributed by atoms with van der Waals surface area (Å²) in [6.45, 7) is 6.80. The number of aryl methyl sites for hydroxylation is 1. The molecule has 20 heavy (non-hydrogen) atoms. The zero-order valence-corrected chi connectivity index (χ0v) is 13.0. The molecule has 1 aromatic heterocycles. The highest BCUT2D eigenvalue weighted by Crippen LogP contribution is 2.30. The molecular formula is C15H21N3OS. The molecule has 0 unspecified atom stereocenters. The van der Waals surface area contributed by atoms with Crippen molar-refractivity contribution in [3.8, 4) is 5.75 Å². The summed E-state index contributed by atoms with van der Waals surface area (Å²) in [5, 5.41) is 6.56. The van der Waals surface area contributed by atoms with Crippen molar-refractivity contribution in [3.63, 3.8) is 0 Å². The van der Waals surface area contributed by atoms with Gasteiger partial charge in [0.25, 0.3) is 0 Å². The Kier molecular flexibility index (Phi) is 4.84. The molecule has 0 atom stereocenters. The van der Waals surface area contributed by atoms with Crippen molar-refractivity contribution >= 4 is 22.7 Å². The van der Waals surface area contributed by atoms with E-state index in [2.05, 4.69) is 15.7 Å². The highest BCUT2D eigenvalue weighted by atomic mass is 32.1. The van der Waals surface area contributed by atoms with Gasteiger partial charge >= 0.3 is 0 Å². The number of thiazole rings is 1. The van der Waals surface area contributed by atoms with E-state index in [1.807, 2.05) is 39.0 Å². The predicted octanol–water partition coefficient (Wildman–Crippen LogP) is 3.48. The van der Waals surface area contributed by atoms with Crippen molar-refractivity contribution in [2.75, 3.05) is 17.6 Å². The van der Waals surface area contributed by atoms with Gasteiger partial charge in [0, 0.05) is 24.0 Å². The maximum atomic E-state index is 6.11. The highest BCUT2D eigenvalue weighted by molar-refractivity contribution is 7.09. The smallest absolute Gasteiger partial charge is 0.144 e. The van der Waals surface area contributed by atoms with Crippen molar-refractivity contribution in [3.05, 3.63) is 34.3 Å². The zero-order chi connectivity index (χ0) is 14.5. The van der Waals surface area contributed by atoms with Gasteiger partial charge in [0.1, 0.15) is 5.75 Å². The first-order chi connectivity index (χ1) is 9.56. The van der Waals surface area contributed by atoms with E-state index in [-0.39, 0.29) is 6.10 Å². The summed E-state index contributed by atoms with van der Waals surface area (Å²) in [5.41, 5.74) is 8.77. The van der Waals surface area contributed by atoms with E-state index in [9.17, 15) is 0 Å². The predicted molar refractivity (Wildman–Crippen MR) is 85.7 cm³/mol. The molecule has 1 heterocycles. The Morgan fingerprint density at radius 2 is 2.20 bits per heavy atom. The fraction of sp³-hybridized carbons (Fsp3) is 0.400. The molecule has 0 spiro atoms.